The van der Waals surface area contributed by atoms with E-state index in [4.69, 9.17) is 0 Å². The van der Waals surface area contributed by atoms with Gasteiger partial charge in [0.25, 0.3) is 0 Å². The van der Waals surface area contributed by atoms with Crippen LogP contribution in [-0.4, -0.2) is 48.4 Å². The Morgan fingerprint density at radius 1 is 1.04 bits per heavy atom. The number of carbonyl (C=O) groups excluding carboxylic acids is 1. The minimum absolute atomic E-state index is 0.368. The third kappa shape index (κ3) is 4.08. The van der Waals surface area contributed by atoms with Gasteiger partial charge in [-0.2, -0.15) is 0 Å². The largest absolute Gasteiger partial charge is 0.342 e. The van der Waals surface area contributed by atoms with Crippen molar-refractivity contribution >= 4 is 5.91 Å². The predicted molar refractivity (Wildman–Crippen MR) is 101 cm³/mol. The van der Waals surface area contributed by atoms with Crippen molar-refractivity contribution in [3.05, 3.63) is 35.9 Å². The van der Waals surface area contributed by atoms with E-state index >= 15 is 0 Å². The van der Waals surface area contributed by atoms with Crippen LogP contribution < -0.4 is 0 Å². The van der Waals surface area contributed by atoms with Crippen molar-refractivity contribution in [1.29, 1.82) is 0 Å². The Labute approximate surface area is 152 Å². The minimum atomic E-state index is 0.368. The molecule has 3 fully saturated rings. The van der Waals surface area contributed by atoms with Crippen LogP contribution in [0.3, 0.4) is 0 Å². The van der Waals surface area contributed by atoms with Gasteiger partial charge in [0.15, 0.2) is 0 Å². The predicted octanol–water partition coefficient (Wildman–Crippen LogP) is 3.73. The highest BCUT2D eigenvalue weighted by Crippen LogP contribution is 2.40. The van der Waals surface area contributed by atoms with Crippen molar-refractivity contribution in [1.82, 2.24) is 9.80 Å². The van der Waals surface area contributed by atoms with Crippen LogP contribution in [0.4, 0.5) is 0 Å². The first-order valence-corrected chi connectivity index (χ1v) is 10.3. The Kier molecular flexibility index (Phi) is 5.12. The molecule has 2 heterocycles. The molecular weight excluding hydrogens is 308 g/mol. The Hall–Kier alpha value is -1.35. The average Bonchev–Trinajstić information content (AvgIpc) is 2.60. The van der Waals surface area contributed by atoms with Crippen LogP contribution in [0.2, 0.25) is 0 Å². The van der Waals surface area contributed by atoms with Gasteiger partial charge in [-0.25, -0.2) is 0 Å². The molecule has 136 valence electrons. The SMILES string of the molecule is O=C1CC[C@]2(CCCN(CC3CCC3)C2)CN1CCc1ccccc1. The van der Waals surface area contributed by atoms with Crippen molar-refractivity contribution in [3.63, 3.8) is 0 Å². The molecule has 1 aromatic rings. The molecule has 1 atom stereocenters. The fourth-order valence-corrected chi connectivity index (χ4v) is 5.05. The van der Waals surface area contributed by atoms with Crippen molar-refractivity contribution in [2.24, 2.45) is 11.3 Å². The van der Waals surface area contributed by atoms with Crippen LogP contribution in [0.15, 0.2) is 30.3 Å². The number of rotatable bonds is 5. The highest BCUT2D eigenvalue weighted by atomic mass is 16.2. The molecule has 3 heteroatoms. The fraction of sp³-hybridized carbons (Fsp3) is 0.682. The summed E-state index contributed by atoms with van der Waals surface area (Å²) in [7, 11) is 0. The number of benzene rings is 1. The molecule has 1 spiro atoms. The number of nitrogens with zero attached hydrogens (tertiary/aromatic N) is 2. The molecule has 0 bridgehead atoms. The summed E-state index contributed by atoms with van der Waals surface area (Å²) in [5.41, 5.74) is 1.71. The molecular formula is C22H32N2O. The molecule has 25 heavy (non-hydrogen) atoms. The van der Waals surface area contributed by atoms with Gasteiger partial charge in [0.05, 0.1) is 0 Å². The van der Waals surface area contributed by atoms with Crippen LogP contribution in [0.25, 0.3) is 0 Å². The van der Waals surface area contributed by atoms with E-state index in [1.54, 1.807) is 0 Å². The van der Waals surface area contributed by atoms with Gasteiger partial charge in [-0.05, 0) is 56.6 Å². The second kappa shape index (κ2) is 7.49. The number of hydrogen-bond donors (Lipinski definition) is 0. The molecule has 1 saturated carbocycles. The van der Waals surface area contributed by atoms with Gasteiger partial charge in [-0.3, -0.25) is 4.79 Å². The van der Waals surface area contributed by atoms with Gasteiger partial charge in [0.2, 0.25) is 5.91 Å². The van der Waals surface area contributed by atoms with Crippen molar-refractivity contribution in [2.45, 2.75) is 51.4 Å². The van der Waals surface area contributed by atoms with Crippen molar-refractivity contribution < 1.29 is 4.79 Å². The summed E-state index contributed by atoms with van der Waals surface area (Å²) < 4.78 is 0. The first-order valence-electron chi connectivity index (χ1n) is 10.3. The van der Waals surface area contributed by atoms with Gasteiger partial charge in [0, 0.05) is 38.0 Å². The van der Waals surface area contributed by atoms with Crippen molar-refractivity contribution in [3.8, 4) is 0 Å². The summed E-state index contributed by atoms with van der Waals surface area (Å²) in [6.45, 7) is 5.67. The third-order valence-corrected chi connectivity index (χ3v) is 6.74. The lowest BCUT2D eigenvalue weighted by atomic mass is 9.73. The maximum absolute atomic E-state index is 12.5. The quantitative estimate of drug-likeness (QED) is 0.815. The number of likely N-dealkylation sites (tertiary alicyclic amines) is 2. The lowest BCUT2D eigenvalue weighted by Crippen LogP contribution is -2.55. The Morgan fingerprint density at radius 2 is 1.88 bits per heavy atom. The first-order chi connectivity index (χ1) is 12.2. The highest BCUT2D eigenvalue weighted by Gasteiger charge is 2.41. The molecule has 0 unspecified atom stereocenters. The van der Waals surface area contributed by atoms with E-state index in [1.165, 1.54) is 57.3 Å². The van der Waals surface area contributed by atoms with Gasteiger partial charge in [-0.1, -0.05) is 36.8 Å². The second-order valence-corrected chi connectivity index (χ2v) is 8.69. The Bertz CT molecular complexity index is 583. The molecule has 0 radical (unpaired) electrons. The summed E-state index contributed by atoms with van der Waals surface area (Å²) in [5, 5.41) is 0. The molecule has 1 aliphatic carbocycles. The number of piperidine rings is 2. The average molecular weight is 341 g/mol. The molecule has 3 nitrogen and oxygen atoms in total. The molecule has 1 amide bonds. The number of carbonyl (C=O) groups is 1. The number of amides is 1. The van der Waals surface area contributed by atoms with Crippen LogP contribution in [0.5, 0.6) is 0 Å². The molecule has 2 aliphatic heterocycles. The van der Waals surface area contributed by atoms with Crippen molar-refractivity contribution in [2.75, 3.05) is 32.7 Å². The first kappa shape index (κ1) is 17.1. The smallest absolute Gasteiger partial charge is 0.222 e. The molecule has 2 saturated heterocycles. The summed E-state index contributed by atoms with van der Waals surface area (Å²) in [4.78, 5) is 17.4. The lowest BCUT2D eigenvalue weighted by Gasteiger charge is -2.49. The zero-order valence-corrected chi connectivity index (χ0v) is 15.5. The number of hydrogen-bond acceptors (Lipinski definition) is 2. The standard InChI is InChI=1S/C22H32N2O/c25-21-10-13-22(12-5-14-23(17-22)16-20-8-4-9-20)18-24(21)15-11-19-6-2-1-3-7-19/h1-3,6-7,20H,4-5,8-18H2/t22-/m0/s1. The van der Waals surface area contributed by atoms with Crippen LogP contribution >= 0.6 is 0 Å². The van der Waals surface area contributed by atoms with E-state index in [9.17, 15) is 4.79 Å². The monoisotopic (exact) mass is 340 g/mol. The summed E-state index contributed by atoms with van der Waals surface area (Å²) in [6.07, 6.45) is 9.77. The van der Waals surface area contributed by atoms with Gasteiger partial charge in [-0.15, -0.1) is 0 Å². The third-order valence-electron chi connectivity index (χ3n) is 6.74. The minimum Gasteiger partial charge on any atom is -0.342 e. The molecule has 1 aromatic carbocycles. The van der Waals surface area contributed by atoms with E-state index in [1.807, 2.05) is 0 Å². The molecule has 0 N–H and O–H groups in total. The highest BCUT2D eigenvalue weighted by molar-refractivity contribution is 5.77. The zero-order valence-electron chi connectivity index (χ0n) is 15.5. The topological polar surface area (TPSA) is 23.6 Å². The normalized spacial score (nSPS) is 28.3. The zero-order chi connectivity index (χ0) is 17.1. The van der Waals surface area contributed by atoms with E-state index in [2.05, 4.69) is 40.1 Å². The van der Waals surface area contributed by atoms with Gasteiger partial charge >= 0.3 is 0 Å². The maximum atomic E-state index is 12.5. The van der Waals surface area contributed by atoms with Crippen LogP contribution in [0.1, 0.15) is 50.5 Å². The van der Waals surface area contributed by atoms with Crippen LogP contribution in [0, 0.1) is 11.3 Å². The Morgan fingerprint density at radius 3 is 2.64 bits per heavy atom. The van der Waals surface area contributed by atoms with E-state index in [-0.39, 0.29) is 0 Å². The van der Waals surface area contributed by atoms with E-state index in [0.717, 1.165) is 38.3 Å². The lowest BCUT2D eigenvalue weighted by molar-refractivity contribution is -0.139. The maximum Gasteiger partial charge on any atom is 0.222 e. The summed E-state index contributed by atoms with van der Waals surface area (Å²) in [5.74, 6) is 1.33. The van der Waals surface area contributed by atoms with E-state index in [0.29, 0.717) is 11.3 Å². The van der Waals surface area contributed by atoms with Crippen LogP contribution in [-0.2, 0) is 11.2 Å². The van der Waals surface area contributed by atoms with Gasteiger partial charge in [0.1, 0.15) is 0 Å². The Balaban J connectivity index is 1.36. The summed E-state index contributed by atoms with van der Waals surface area (Å²) in [6, 6.07) is 10.6. The van der Waals surface area contributed by atoms with E-state index < -0.39 is 0 Å². The fourth-order valence-electron chi connectivity index (χ4n) is 5.05. The van der Waals surface area contributed by atoms with Gasteiger partial charge < -0.3 is 9.80 Å². The molecule has 3 aliphatic rings. The summed E-state index contributed by atoms with van der Waals surface area (Å²) >= 11 is 0. The molecule has 4 rings (SSSR count). The second-order valence-electron chi connectivity index (χ2n) is 8.69. The molecule has 0 aromatic heterocycles.